The Morgan fingerprint density at radius 1 is 1.24 bits per heavy atom. The van der Waals surface area contributed by atoms with Crippen LogP contribution in [0, 0.1) is 12.7 Å². The lowest BCUT2D eigenvalue weighted by molar-refractivity contribution is 0.599. The van der Waals surface area contributed by atoms with Gasteiger partial charge in [0.2, 0.25) is 10.0 Å². The molecule has 1 heterocycles. The van der Waals surface area contributed by atoms with Crippen LogP contribution in [0.1, 0.15) is 16.0 Å². The van der Waals surface area contributed by atoms with E-state index < -0.39 is 10.0 Å². The van der Waals surface area contributed by atoms with Gasteiger partial charge in [-0.25, -0.2) is 17.9 Å². The number of aryl methyl sites for hydroxylation is 1. The summed E-state index contributed by atoms with van der Waals surface area (Å²) in [6.45, 7) is 2.54. The van der Waals surface area contributed by atoms with Crippen LogP contribution in [0.2, 0.25) is 0 Å². The highest BCUT2D eigenvalue weighted by Gasteiger charge is 2.11. The Kier molecular flexibility index (Phi) is 8.25. The normalized spacial score (nSPS) is 11.8. The van der Waals surface area contributed by atoms with Crippen molar-refractivity contribution < 1.29 is 12.8 Å². The second kappa shape index (κ2) is 9.46. The molecule has 6 nitrogen and oxygen atoms in total. The van der Waals surface area contributed by atoms with Gasteiger partial charge in [0.1, 0.15) is 10.0 Å². The van der Waals surface area contributed by atoms with Gasteiger partial charge in [-0.05, 0) is 36.2 Å². The van der Waals surface area contributed by atoms with Gasteiger partial charge >= 0.3 is 0 Å². The maximum absolute atomic E-state index is 13.5. The molecule has 0 saturated heterocycles. The number of benzene rings is 1. The van der Waals surface area contributed by atoms with Gasteiger partial charge in [0.25, 0.3) is 0 Å². The smallest absolute Gasteiger partial charge is 0.247 e. The lowest BCUT2D eigenvalue weighted by Crippen LogP contribution is -2.36. The second-order valence-corrected chi connectivity index (χ2v) is 8.09. The van der Waals surface area contributed by atoms with E-state index in [0.29, 0.717) is 24.6 Å². The number of rotatable bonds is 5. The second-order valence-electron chi connectivity index (χ2n) is 5.13. The van der Waals surface area contributed by atoms with Crippen molar-refractivity contribution in [3.63, 3.8) is 0 Å². The highest BCUT2D eigenvalue weighted by molar-refractivity contribution is 14.0. The molecule has 0 saturated carbocycles. The molecule has 1 aromatic heterocycles. The average Bonchev–Trinajstić information content (AvgIpc) is 3.00. The molecule has 138 valence electrons. The zero-order valence-electron chi connectivity index (χ0n) is 13.7. The van der Waals surface area contributed by atoms with E-state index in [-0.39, 0.29) is 34.0 Å². The molecule has 0 fully saturated rings. The number of halogens is 2. The minimum absolute atomic E-state index is 0. The van der Waals surface area contributed by atoms with Gasteiger partial charge < -0.3 is 10.6 Å². The first-order valence-electron chi connectivity index (χ1n) is 7.10. The summed E-state index contributed by atoms with van der Waals surface area (Å²) < 4.78 is 36.1. The molecular weight excluding hydrogens is 478 g/mol. The van der Waals surface area contributed by atoms with E-state index in [1.807, 2.05) is 6.07 Å². The van der Waals surface area contributed by atoms with Gasteiger partial charge in [0.15, 0.2) is 5.96 Å². The monoisotopic (exact) mass is 498 g/mol. The van der Waals surface area contributed by atoms with Crippen LogP contribution < -0.4 is 15.8 Å². The van der Waals surface area contributed by atoms with E-state index >= 15 is 0 Å². The third-order valence-corrected chi connectivity index (χ3v) is 5.79. The largest absolute Gasteiger partial charge is 0.352 e. The minimum atomic E-state index is -3.67. The topological polar surface area (TPSA) is 96.6 Å². The first-order chi connectivity index (χ1) is 11.3. The van der Waals surface area contributed by atoms with Crippen LogP contribution in [-0.2, 0) is 23.1 Å². The summed E-state index contributed by atoms with van der Waals surface area (Å²) in [5, 5.41) is 11.2. The molecule has 1 aromatic carbocycles. The van der Waals surface area contributed by atoms with Gasteiger partial charge in [0.05, 0.1) is 6.54 Å². The Hall–Kier alpha value is -1.24. The van der Waals surface area contributed by atoms with Crippen LogP contribution in [0.25, 0.3) is 0 Å². The Morgan fingerprint density at radius 2 is 1.92 bits per heavy atom. The summed E-state index contributed by atoms with van der Waals surface area (Å²) in [7, 11) is -2.05. The van der Waals surface area contributed by atoms with Gasteiger partial charge in [-0.3, -0.25) is 4.99 Å². The summed E-state index contributed by atoms with van der Waals surface area (Å²) in [6.07, 6.45) is 0. The number of hydrogen-bond acceptors (Lipinski definition) is 4. The lowest BCUT2D eigenvalue weighted by Gasteiger charge is -2.11. The van der Waals surface area contributed by atoms with Crippen LogP contribution >= 0.6 is 35.3 Å². The fourth-order valence-corrected chi connectivity index (χ4v) is 3.65. The molecule has 0 aliphatic rings. The highest BCUT2D eigenvalue weighted by atomic mass is 127. The molecule has 0 radical (unpaired) electrons. The quantitative estimate of drug-likeness (QED) is 0.335. The van der Waals surface area contributed by atoms with Crippen molar-refractivity contribution in [3.05, 3.63) is 52.2 Å². The number of sulfonamides is 1. The van der Waals surface area contributed by atoms with Crippen LogP contribution in [-0.4, -0.2) is 21.4 Å². The number of aliphatic imine (C=N–C) groups is 1. The molecule has 2 rings (SSSR count). The maximum atomic E-state index is 13.5. The molecule has 0 aliphatic heterocycles. The molecule has 0 amide bonds. The number of nitrogens with two attached hydrogens (primary N) is 1. The van der Waals surface area contributed by atoms with Gasteiger partial charge in [-0.15, -0.1) is 35.3 Å². The molecule has 0 unspecified atom stereocenters. The number of thiophene rings is 1. The molecule has 10 heteroatoms. The SMILES string of the molecule is CN=C(NCc1ccc(C)c(F)c1)NCc1ccc(S(N)(=O)=O)s1.I. The Balaban J connectivity index is 0.00000312. The summed E-state index contributed by atoms with van der Waals surface area (Å²) in [4.78, 5) is 4.88. The van der Waals surface area contributed by atoms with Crippen molar-refractivity contribution in [1.29, 1.82) is 0 Å². The number of primary sulfonamides is 1. The Bertz CT molecular complexity index is 853. The number of guanidine groups is 1. The molecule has 0 aliphatic carbocycles. The average molecular weight is 498 g/mol. The molecule has 25 heavy (non-hydrogen) atoms. The van der Waals surface area contributed by atoms with Crippen molar-refractivity contribution in [2.24, 2.45) is 10.1 Å². The van der Waals surface area contributed by atoms with Gasteiger partial charge in [-0.2, -0.15) is 0 Å². The fourth-order valence-electron chi connectivity index (χ4n) is 1.93. The Morgan fingerprint density at radius 3 is 2.48 bits per heavy atom. The van der Waals surface area contributed by atoms with E-state index in [0.717, 1.165) is 21.8 Å². The highest BCUT2D eigenvalue weighted by Crippen LogP contribution is 2.19. The van der Waals surface area contributed by atoms with Gasteiger partial charge in [0, 0.05) is 18.5 Å². The van der Waals surface area contributed by atoms with Gasteiger partial charge in [-0.1, -0.05) is 12.1 Å². The van der Waals surface area contributed by atoms with E-state index in [1.165, 1.54) is 12.1 Å². The Labute approximate surface area is 167 Å². The molecule has 4 N–H and O–H groups in total. The lowest BCUT2D eigenvalue weighted by atomic mass is 10.1. The van der Waals surface area contributed by atoms with Crippen molar-refractivity contribution in [2.45, 2.75) is 24.2 Å². The van der Waals surface area contributed by atoms with Crippen LogP contribution in [0.3, 0.4) is 0 Å². The van der Waals surface area contributed by atoms with Crippen molar-refractivity contribution in [2.75, 3.05) is 7.05 Å². The number of nitrogens with zero attached hydrogens (tertiary/aromatic N) is 1. The van der Waals surface area contributed by atoms with Crippen LogP contribution in [0.5, 0.6) is 0 Å². The molecule has 0 atom stereocenters. The van der Waals surface area contributed by atoms with Crippen molar-refractivity contribution in [3.8, 4) is 0 Å². The summed E-state index contributed by atoms with van der Waals surface area (Å²) >= 11 is 1.10. The maximum Gasteiger partial charge on any atom is 0.247 e. The molecule has 0 bridgehead atoms. The van der Waals surface area contributed by atoms with E-state index in [2.05, 4.69) is 15.6 Å². The first kappa shape index (κ1) is 21.8. The minimum Gasteiger partial charge on any atom is -0.352 e. The molecule has 0 spiro atoms. The summed E-state index contributed by atoms with van der Waals surface area (Å²) in [5.41, 5.74) is 1.40. The standard InChI is InChI=1S/C15H19FN4O2S2.HI/c1-10-3-4-11(7-13(10)16)8-19-15(18-2)20-9-12-5-6-14(23-12)24(17,21)22;/h3-7H,8-9H2,1-2H3,(H2,17,21,22)(H2,18,19,20);1H. The first-order valence-corrected chi connectivity index (χ1v) is 9.47. The molecular formula is C15H20FIN4O2S2. The summed E-state index contributed by atoms with van der Waals surface area (Å²) in [5.74, 6) is 0.285. The van der Waals surface area contributed by atoms with Crippen molar-refractivity contribution >= 4 is 51.3 Å². The third-order valence-electron chi connectivity index (χ3n) is 3.27. The number of hydrogen-bond donors (Lipinski definition) is 3. The predicted octanol–water partition coefficient (Wildman–Crippen LogP) is 2.33. The van der Waals surface area contributed by atoms with E-state index in [9.17, 15) is 12.8 Å². The zero-order chi connectivity index (χ0) is 17.7. The summed E-state index contributed by atoms with van der Waals surface area (Å²) in [6, 6.07) is 8.22. The van der Waals surface area contributed by atoms with E-state index in [4.69, 9.17) is 5.14 Å². The fraction of sp³-hybridized carbons (Fsp3) is 0.267. The van der Waals surface area contributed by atoms with Crippen LogP contribution in [0.4, 0.5) is 4.39 Å². The predicted molar refractivity (Wildman–Crippen MR) is 109 cm³/mol. The van der Waals surface area contributed by atoms with Crippen molar-refractivity contribution in [1.82, 2.24) is 10.6 Å². The number of nitrogens with one attached hydrogen (secondary N) is 2. The molecule has 2 aromatic rings. The zero-order valence-corrected chi connectivity index (χ0v) is 17.7. The van der Waals surface area contributed by atoms with Crippen LogP contribution in [0.15, 0.2) is 39.5 Å². The third kappa shape index (κ3) is 6.53. The van der Waals surface area contributed by atoms with E-state index in [1.54, 1.807) is 26.1 Å².